The topological polar surface area (TPSA) is 67.9 Å². The van der Waals surface area contributed by atoms with Crippen molar-refractivity contribution in [1.82, 2.24) is 4.90 Å². The molecule has 1 unspecified atom stereocenters. The number of anilines is 1. The van der Waals surface area contributed by atoms with Crippen molar-refractivity contribution in [2.75, 3.05) is 32.6 Å². The van der Waals surface area contributed by atoms with Gasteiger partial charge in [0, 0.05) is 30.6 Å². The molecule has 3 aromatic carbocycles. The van der Waals surface area contributed by atoms with Gasteiger partial charge in [-0.25, -0.2) is 0 Å². The first kappa shape index (κ1) is 21.4. The number of nitrogens with one attached hydrogen (secondary N) is 1. The number of carbonyl (C=O) groups is 2. The van der Waals surface area contributed by atoms with E-state index in [1.165, 1.54) is 19.8 Å². The highest BCUT2D eigenvalue weighted by molar-refractivity contribution is 6.09. The predicted molar refractivity (Wildman–Crippen MR) is 124 cm³/mol. The summed E-state index contributed by atoms with van der Waals surface area (Å²) in [6.07, 6.45) is 0.924. The number of ether oxygens (including phenoxy) is 2. The zero-order valence-corrected chi connectivity index (χ0v) is 18.2. The lowest BCUT2D eigenvalue weighted by atomic mass is 9.99. The number of likely N-dealkylation sites (tertiary alicyclic amines) is 1. The van der Waals surface area contributed by atoms with Crippen LogP contribution < -0.4 is 14.8 Å². The Bertz CT molecular complexity index is 1090. The van der Waals surface area contributed by atoms with Crippen molar-refractivity contribution in [3.63, 3.8) is 0 Å². The van der Waals surface area contributed by atoms with Crippen LogP contribution in [0.4, 0.5) is 5.69 Å². The highest BCUT2D eigenvalue weighted by atomic mass is 16.5. The third kappa shape index (κ3) is 4.59. The van der Waals surface area contributed by atoms with Gasteiger partial charge in [0.1, 0.15) is 11.5 Å². The average molecular weight is 431 g/mol. The molecule has 0 spiro atoms. The van der Waals surface area contributed by atoms with Crippen LogP contribution in [0.5, 0.6) is 11.5 Å². The summed E-state index contributed by atoms with van der Waals surface area (Å²) < 4.78 is 10.5. The molecular weight excluding hydrogens is 404 g/mol. The fourth-order valence-electron chi connectivity index (χ4n) is 4.02. The molecule has 1 fully saturated rings. The molecule has 1 atom stereocenters. The number of benzene rings is 3. The van der Waals surface area contributed by atoms with E-state index in [4.69, 9.17) is 9.47 Å². The number of hydrogen-bond acceptors (Lipinski definition) is 4. The van der Waals surface area contributed by atoms with Gasteiger partial charge < -0.3 is 19.7 Å². The number of hydrogen-bond donors (Lipinski definition) is 1. The molecule has 6 heteroatoms. The van der Waals surface area contributed by atoms with E-state index in [1.54, 1.807) is 36.4 Å². The molecule has 4 rings (SSSR count). The first-order valence-corrected chi connectivity index (χ1v) is 10.6. The molecule has 6 nitrogen and oxygen atoms in total. The first-order valence-electron chi connectivity index (χ1n) is 10.6. The van der Waals surface area contributed by atoms with Crippen molar-refractivity contribution in [2.45, 2.75) is 12.3 Å². The molecule has 1 aliphatic rings. The summed E-state index contributed by atoms with van der Waals surface area (Å²) in [5.41, 5.74) is 2.59. The Hall–Kier alpha value is -3.80. The summed E-state index contributed by atoms with van der Waals surface area (Å²) in [6, 6.07) is 22.3. The van der Waals surface area contributed by atoms with Crippen molar-refractivity contribution < 1.29 is 19.1 Å². The van der Waals surface area contributed by atoms with Gasteiger partial charge in [-0.3, -0.25) is 9.59 Å². The van der Waals surface area contributed by atoms with Gasteiger partial charge in [-0.05, 0) is 36.2 Å². The van der Waals surface area contributed by atoms with Gasteiger partial charge in [-0.15, -0.1) is 0 Å². The second-order valence-corrected chi connectivity index (χ2v) is 7.75. The summed E-state index contributed by atoms with van der Waals surface area (Å²) in [5, 5.41) is 2.88. The monoisotopic (exact) mass is 430 g/mol. The maximum absolute atomic E-state index is 13.3. The van der Waals surface area contributed by atoms with E-state index in [0.717, 1.165) is 6.42 Å². The number of rotatable bonds is 6. The maximum atomic E-state index is 13.3. The molecule has 1 heterocycles. The second kappa shape index (κ2) is 9.56. The minimum atomic E-state index is -0.342. The third-order valence-electron chi connectivity index (χ3n) is 5.77. The Morgan fingerprint density at radius 2 is 1.56 bits per heavy atom. The molecule has 0 saturated carbocycles. The summed E-state index contributed by atoms with van der Waals surface area (Å²) in [7, 11) is 3.06. The van der Waals surface area contributed by atoms with Crippen LogP contribution in [-0.2, 0) is 0 Å². The van der Waals surface area contributed by atoms with E-state index in [9.17, 15) is 9.59 Å². The van der Waals surface area contributed by atoms with E-state index in [-0.39, 0.29) is 11.8 Å². The lowest BCUT2D eigenvalue weighted by molar-refractivity contribution is 0.0792. The summed E-state index contributed by atoms with van der Waals surface area (Å²) in [5.74, 6) is 0.936. The van der Waals surface area contributed by atoms with E-state index < -0.39 is 0 Å². The average Bonchev–Trinajstić information content (AvgIpc) is 3.34. The SMILES string of the molecule is COc1cc(OC)cc(C(=O)Nc2ccccc2C(=O)N2CCC(c3ccccc3)C2)c1. The molecule has 0 bridgehead atoms. The van der Waals surface area contributed by atoms with Crippen LogP contribution in [-0.4, -0.2) is 44.0 Å². The fraction of sp³-hybridized carbons (Fsp3) is 0.231. The van der Waals surface area contributed by atoms with Crippen molar-refractivity contribution in [2.24, 2.45) is 0 Å². The van der Waals surface area contributed by atoms with Gasteiger partial charge in [0.25, 0.3) is 11.8 Å². The molecule has 0 radical (unpaired) electrons. The van der Waals surface area contributed by atoms with E-state index in [1.807, 2.05) is 29.2 Å². The summed E-state index contributed by atoms with van der Waals surface area (Å²) in [6.45, 7) is 1.35. The predicted octanol–water partition coefficient (Wildman–Crippen LogP) is 4.59. The molecule has 0 aliphatic carbocycles. The van der Waals surface area contributed by atoms with Gasteiger partial charge in [0.05, 0.1) is 25.5 Å². The Balaban J connectivity index is 1.52. The molecular formula is C26H26N2O4. The molecule has 1 aliphatic heterocycles. The fourth-order valence-corrected chi connectivity index (χ4v) is 4.02. The van der Waals surface area contributed by atoms with Gasteiger partial charge in [-0.1, -0.05) is 42.5 Å². The molecule has 3 aromatic rings. The molecule has 2 amide bonds. The number of carbonyl (C=O) groups excluding carboxylic acids is 2. The molecule has 164 valence electrons. The van der Waals surface area contributed by atoms with Crippen LogP contribution in [0.15, 0.2) is 72.8 Å². The van der Waals surface area contributed by atoms with Gasteiger partial charge in [-0.2, -0.15) is 0 Å². The quantitative estimate of drug-likeness (QED) is 0.621. The summed E-state index contributed by atoms with van der Waals surface area (Å²) in [4.78, 5) is 28.1. The van der Waals surface area contributed by atoms with Gasteiger partial charge in [0.2, 0.25) is 0 Å². The maximum Gasteiger partial charge on any atom is 0.255 e. The molecule has 1 saturated heterocycles. The number of para-hydroxylation sites is 1. The minimum absolute atomic E-state index is 0.0810. The number of methoxy groups -OCH3 is 2. The van der Waals surface area contributed by atoms with E-state index in [2.05, 4.69) is 17.4 Å². The van der Waals surface area contributed by atoms with Crippen LogP contribution in [0.1, 0.15) is 38.6 Å². The largest absolute Gasteiger partial charge is 0.497 e. The lowest BCUT2D eigenvalue weighted by Gasteiger charge is -2.19. The zero-order valence-electron chi connectivity index (χ0n) is 18.2. The van der Waals surface area contributed by atoms with Crippen LogP contribution >= 0.6 is 0 Å². The normalized spacial score (nSPS) is 15.3. The highest BCUT2D eigenvalue weighted by Crippen LogP contribution is 2.30. The zero-order chi connectivity index (χ0) is 22.5. The summed E-state index contributed by atoms with van der Waals surface area (Å²) >= 11 is 0. The van der Waals surface area contributed by atoms with Gasteiger partial charge >= 0.3 is 0 Å². The highest BCUT2D eigenvalue weighted by Gasteiger charge is 2.29. The third-order valence-corrected chi connectivity index (χ3v) is 5.77. The Kier molecular flexibility index (Phi) is 6.40. The van der Waals surface area contributed by atoms with Gasteiger partial charge in [0.15, 0.2) is 0 Å². The Morgan fingerprint density at radius 3 is 2.25 bits per heavy atom. The molecule has 1 N–H and O–H groups in total. The molecule has 0 aromatic heterocycles. The van der Waals surface area contributed by atoms with Crippen LogP contribution in [0.3, 0.4) is 0 Å². The van der Waals surface area contributed by atoms with Crippen LogP contribution in [0.2, 0.25) is 0 Å². The standard InChI is InChI=1S/C26H26N2O4/c1-31-21-14-20(15-22(16-21)32-2)25(29)27-24-11-7-6-10-23(24)26(30)28-13-12-19(17-28)18-8-4-3-5-9-18/h3-11,14-16,19H,12-13,17H2,1-2H3,(H,27,29). The smallest absolute Gasteiger partial charge is 0.255 e. The second-order valence-electron chi connectivity index (χ2n) is 7.75. The van der Waals surface area contributed by atoms with Crippen molar-refractivity contribution >= 4 is 17.5 Å². The number of amides is 2. The Morgan fingerprint density at radius 1 is 0.906 bits per heavy atom. The first-order chi connectivity index (χ1) is 15.6. The van der Waals surface area contributed by atoms with Crippen LogP contribution in [0.25, 0.3) is 0 Å². The van der Waals surface area contributed by atoms with Crippen molar-refractivity contribution in [1.29, 1.82) is 0 Å². The van der Waals surface area contributed by atoms with E-state index in [0.29, 0.717) is 47.3 Å². The molecule has 32 heavy (non-hydrogen) atoms. The van der Waals surface area contributed by atoms with Crippen LogP contribution in [0, 0.1) is 0 Å². The number of nitrogens with zero attached hydrogens (tertiary/aromatic N) is 1. The van der Waals surface area contributed by atoms with Crippen molar-refractivity contribution in [3.8, 4) is 11.5 Å². The minimum Gasteiger partial charge on any atom is -0.497 e. The van der Waals surface area contributed by atoms with Crippen molar-refractivity contribution in [3.05, 3.63) is 89.5 Å². The Labute approximate surface area is 187 Å². The van der Waals surface area contributed by atoms with E-state index >= 15 is 0 Å². The lowest BCUT2D eigenvalue weighted by Crippen LogP contribution is -2.29.